The molecule has 7 heteroatoms. The highest BCUT2D eigenvalue weighted by molar-refractivity contribution is 5.94. The van der Waals surface area contributed by atoms with Crippen LogP contribution in [0.4, 0.5) is 0 Å². The minimum atomic E-state index is -0.0709. The monoisotopic (exact) mass is 438 g/mol. The van der Waals surface area contributed by atoms with Gasteiger partial charge in [0.2, 0.25) is 0 Å². The minimum absolute atomic E-state index is 0.0709. The Balaban J connectivity index is 1.45. The van der Waals surface area contributed by atoms with Crippen LogP contribution in [0.15, 0.2) is 47.5 Å². The van der Waals surface area contributed by atoms with Gasteiger partial charge < -0.3 is 25.4 Å². The van der Waals surface area contributed by atoms with Gasteiger partial charge in [-0.15, -0.1) is 0 Å². The van der Waals surface area contributed by atoms with Crippen molar-refractivity contribution < 1.29 is 14.3 Å². The molecule has 1 aliphatic heterocycles. The standard InChI is InChI=1S/C25H34N4O3/c1-18-9-10-19(15-23(18)31-3)11-12-27-25(26-2)29-16-20-6-4-7-21(14-20)24(30)28-17-22-8-5-13-32-22/h4,6-7,9-10,14-15,22H,5,8,11-13,16-17H2,1-3H3,(H,28,30)(H2,26,27,29). The van der Waals surface area contributed by atoms with Crippen molar-refractivity contribution in [3.8, 4) is 5.75 Å². The Morgan fingerprint density at radius 1 is 1.16 bits per heavy atom. The van der Waals surface area contributed by atoms with Crippen molar-refractivity contribution in [2.24, 2.45) is 4.99 Å². The van der Waals surface area contributed by atoms with Crippen LogP contribution >= 0.6 is 0 Å². The van der Waals surface area contributed by atoms with Gasteiger partial charge in [-0.2, -0.15) is 0 Å². The maximum absolute atomic E-state index is 12.5. The third-order valence-electron chi connectivity index (χ3n) is 5.57. The number of hydrogen-bond acceptors (Lipinski definition) is 4. The molecule has 0 aromatic heterocycles. The molecule has 0 radical (unpaired) electrons. The molecule has 0 bridgehead atoms. The molecule has 1 atom stereocenters. The highest BCUT2D eigenvalue weighted by atomic mass is 16.5. The van der Waals surface area contributed by atoms with Gasteiger partial charge in [0, 0.05) is 38.9 Å². The summed E-state index contributed by atoms with van der Waals surface area (Å²) in [5.74, 6) is 1.56. The molecule has 3 N–H and O–H groups in total. The van der Waals surface area contributed by atoms with Crippen molar-refractivity contribution in [2.75, 3.05) is 33.9 Å². The van der Waals surface area contributed by atoms with Gasteiger partial charge in [-0.05, 0) is 61.1 Å². The number of aliphatic imine (C=N–C) groups is 1. The average Bonchev–Trinajstić information content (AvgIpc) is 3.34. The molecule has 7 nitrogen and oxygen atoms in total. The van der Waals surface area contributed by atoms with Crippen molar-refractivity contribution in [3.05, 3.63) is 64.7 Å². The van der Waals surface area contributed by atoms with E-state index in [1.165, 1.54) is 5.56 Å². The van der Waals surface area contributed by atoms with Gasteiger partial charge in [-0.1, -0.05) is 24.3 Å². The summed E-state index contributed by atoms with van der Waals surface area (Å²) in [5, 5.41) is 9.61. The second-order valence-corrected chi connectivity index (χ2v) is 7.95. The molecule has 3 rings (SSSR count). The van der Waals surface area contributed by atoms with E-state index in [4.69, 9.17) is 9.47 Å². The quantitative estimate of drug-likeness (QED) is 0.414. The first-order valence-electron chi connectivity index (χ1n) is 11.2. The highest BCUT2D eigenvalue weighted by Gasteiger charge is 2.16. The van der Waals surface area contributed by atoms with Crippen molar-refractivity contribution in [1.29, 1.82) is 0 Å². The molecule has 32 heavy (non-hydrogen) atoms. The summed E-state index contributed by atoms with van der Waals surface area (Å²) in [7, 11) is 3.44. The Labute approximate surface area is 190 Å². The molecule has 2 aromatic rings. The maximum Gasteiger partial charge on any atom is 0.251 e. The fourth-order valence-electron chi connectivity index (χ4n) is 3.69. The molecule has 1 fully saturated rings. The van der Waals surface area contributed by atoms with Crippen LogP contribution < -0.4 is 20.7 Å². The lowest BCUT2D eigenvalue weighted by Gasteiger charge is -2.14. The summed E-state index contributed by atoms with van der Waals surface area (Å²) < 4.78 is 11.0. The minimum Gasteiger partial charge on any atom is -0.496 e. The summed E-state index contributed by atoms with van der Waals surface area (Å²) >= 11 is 0. The second-order valence-electron chi connectivity index (χ2n) is 7.95. The number of nitrogens with zero attached hydrogens (tertiary/aromatic N) is 1. The smallest absolute Gasteiger partial charge is 0.251 e. The van der Waals surface area contributed by atoms with Gasteiger partial charge in [0.15, 0.2) is 5.96 Å². The summed E-state index contributed by atoms with van der Waals surface area (Å²) in [6.45, 7) is 4.71. The Hall–Kier alpha value is -3.06. The maximum atomic E-state index is 12.5. The lowest BCUT2D eigenvalue weighted by Crippen LogP contribution is -2.38. The molecule has 1 heterocycles. The van der Waals surface area contributed by atoms with E-state index < -0.39 is 0 Å². The van der Waals surface area contributed by atoms with Crippen molar-refractivity contribution in [3.63, 3.8) is 0 Å². The summed E-state index contributed by atoms with van der Waals surface area (Å²) in [4.78, 5) is 16.7. The number of carbonyl (C=O) groups excluding carboxylic acids is 1. The molecule has 172 valence electrons. The molecule has 0 saturated carbocycles. The third kappa shape index (κ3) is 6.99. The molecule has 1 amide bonds. The number of amides is 1. The van der Waals surface area contributed by atoms with Gasteiger partial charge in [-0.3, -0.25) is 9.79 Å². The lowest BCUT2D eigenvalue weighted by atomic mass is 10.1. The number of aryl methyl sites for hydroxylation is 1. The number of carbonyl (C=O) groups is 1. The normalized spacial score (nSPS) is 16.0. The Kier molecular flexibility index (Phi) is 8.92. The Bertz CT molecular complexity index is 923. The van der Waals surface area contributed by atoms with E-state index in [0.29, 0.717) is 18.7 Å². The van der Waals surface area contributed by atoms with E-state index in [-0.39, 0.29) is 12.0 Å². The van der Waals surface area contributed by atoms with E-state index in [9.17, 15) is 4.79 Å². The largest absolute Gasteiger partial charge is 0.496 e. The van der Waals surface area contributed by atoms with Crippen molar-refractivity contribution >= 4 is 11.9 Å². The number of benzene rings is 2. The molecule has 0 aliphatic carbocycles. The van der Waals surface area contributed by atoms with Gasteiger partial charge in [0.25, 0.3) is 5.91 Å². The zero-order valence-electron chi connectivity index (χ0n) is 19.2. The van der Waals surface area contributed by atoms with Crippen LogP contribution in [0.2, 0.25) is 0 Å². The van der Waals surface area contributed by atoms with Gasteiger partial charge in [-0.25, -0.2) is 0 Å². The zero-order valence-corrected chi connectivity index (χ0v) is 19.2. The molecule has 1 aliphatic rings. The van der Waals surface area contributed by atoms with E-state index in [0.717, 1.165) is 55.3 Å². The van der Waals surface area contributed by atoms with E-state index in [1.54, 1.807) is 14.2 Å². The van der Waals surface area contributed by atoms with Crippen LogP contribution in [0, 0.1) is 6.92 Å². The van der Waals surface area contributed by atoms with Crippen LogP contribution in [-0.2, 0) is 17.7 Å². The number of nitrogens with one attached hydrogen (secondary N) is 3. The van der Waals surface area contributed by atoms with Crippen LogP contribution in [0.3, 0.4) is 0 Å². The molecular weight excluding hydrogens is 404 g/mol. The zero-order chi connectivity index (χ0) is 22.8. The number of hydrogen-bond donors (Lipinski definition) is 3. The van der Waals surface area contributed by atoms with Crippen LogP contribution in [0.5, 0.6) is 5.75 Å². The van der Waals surface area contributed by atoms with Gasteiger partial charge >= 0.3 is 0 Å². The third-order valence-corrected chi connectivity index (χ3v) is 5.57. The van der Waals surface area contributed by atoms with E-state index in [2.05, 4.69) is 39.1 Å². The fourth-order valence-corrected chi connectivity index (χ4v) is 3.69. The topological polar surface area (TPSA) is 84.0 Å². The van der Waals surface area contributed by atoms with Crippen LogP contribution in [-0.4, -0.2) is 51.8 Å². The lowest BCUT2D eigenvalue weighted by molar-refractivity contribution is 0.0857. The molecule has 0 spiro atoms. The number of ether oxygens (including phenoxy) is 2. The van der Waals surface area contributed by atoms with Gasteiger partial charge in [0.1, 0.15) is 5.75 Å². The summed E-state index contributed by atoms with van der Waals surface area (Å²) in [6.07, 6.45) is 3.07. The SMILES string of the molecule is CN=C(NCCc1ccc(C)c(OC)c1)NCc1cccc(C(=O)NCC2CCCO2)c1. The number of guanidine groups is 1. The molecule has 2 aromatic carbocycles. The van der Waals surface area contributed by atoms with Crippen molar-refractivity contribution in [1.82, 2.24) is 16.0 Å². The molecule has 1 unspecified atom stereocenters. The Morgan fingerprint density at radius 2 is 2.03 bits per heavy atom. The highest BCUT2D eigenvalue weighted by Crippen LogP contribution is 2.19. The number of rotatable bonds is 9. The Morgan fingerprint density at radius 3 is 2.78 bits per heavy atom. The van der Waals surface area contributed by atoms with Gasteiger partial charge in [0.05, 0.1) is 13.2 Å². The van der Waals surface area contributed by atoms with Crippen LogP contribution in [0.25, 0.3) is 0 Å². The average molecular weight is 439 g/mol. The molecular formula is C25H34N4O3. The predicted molar refractivity (Wildman–Crippen MR) is 127 cm³/mol. The predicted octanol–water partition coefficient (Wildman–Crippen LogP) is 2.82. The summed E-state index contributed by atoms with van der Waals surface area (Å²) in [6, 6.07) is 13.9. The first-order valence-corrected chi connectivity index (χ1v) is 11.2. The first-order chi connectivity index (χ1) is 15.6. The fraction of sp³-hybridized carbons (Fsp3) is 0.440. The first kappa shape index (κ1) is 23.6. The summed E-state index contributed by atoms with van der Waals surface area (Å²) in [5.41, 5.74) is 4.00. The van der Waals surface area contributed by atoms with E-state index in [1.807, 2.05) is 31.2 Å². The second kappa shape index (κ2) is 12.1. The van der Waals surface area contributed by atoms with Crippen LogP contribution in [0.1, 0.15) is 39.9 Å². The molecule has 1 saturated heterocycles. The number of methoxy groups -OCH3 is 1. The van der Waals surface area contributed by atoms with Crippen molar-refractivity contribution in [2.45, 2.75) is 38.8 Å². The van der Waals surface area contributed by atoms with E-state index >= 15 is 0 Å².